The topological polar surface area (TPSA) is 67.4 Å². The number of nitrogens with one attached hydrogen (secondary N) is 2. The summed E-state index contributed by atoms with van der Waals surface area (Å²) in [4.78, 5) is 0. The Balaban J connectivity index is 1.79. The van der Waals surface area contributed by atoms with Gasteiger partial charge < -0.3 is 10.1 Å². The van der Waals surface area contributed by atoms with Gasteiger partial charge in [0.15, 0.2) is 0 Å². The molecule has 0 aromatic carbocycles. The third kappa shape index (κ3) is 3.91. The van der Waals surface area contributed by atoms with E-state index in [-0.39, 0.29) is 5.25 Å². The van der Waals surface area contributed by atoms with Gasteiger partial charge in [-0.3, -0.25) is 0 Å². The molecular weight excluding hydrogens is 240 g/mol. The van der Waals surface area contributed by atoms with Crippen molar-refractivity contribution in [3.05, 3.63) is 0 Å². The lowest BCUT2D eigenvalue weighted by Gasteiger charge is -2.26. The van der Waals surface area contributed by atoms with Gasteiger partial charge in [-0.2, -0.15) is 0 Å². The standard InChI is InChI=1S/C11H22N2O3S/c14-17(15,11-3-6-16-7-4-11)13-9-10-2-1-5-12-8-10/h10-13H,1-9H2. The maximum Gasteiger partial charge on any atom is 0.214 e. The van der Waals surface area contributed by atoms with Crippen LogP contribution >= 0.6 is 0 Å². The Kier molecular flexibility index (Phi) is 4.78. The van der Waals surface area contributed by atoms with Gasteiger partial charge in [0.05, 0.1) is 5.25 Å². The first-order valence-corrected chi connectivity index (χ1v) is 8.00. The molecule has 2 saturated heterocycles. The summed E-state index contributed by atoms with van der Waals surface area (Å²) in [5.74, 6) is 0.443. The van der Waals surface area contributed by atoms with Gasteiger partial charge in [0, 0.05) is 19.8 Å². The van der Waals surface area contributed by atoms with E-state index in [0.29, 0.717) is 38.5 Å². The van der Waals surface area contributed by atoms with Crippen LogP contribution in [0.25, 0.3) is 0 Å². The fourth-order valence-electron chi connectivity index (χ4n) is 2.44. The lowest BCUT2D eigenvalue weighted by Crippen LogP contribution is -2.42. The molecular formula is C11H22N2O3S. The van der Waals surface area contributed by atoms with E-state index in [1.807, 2.05) is 0 Å². The van der Waals surface area contributed by atoms with Crippen LogP contribution in [0.4, 0.5) is 0 Å². The lowest BCUT2D eigenvalue weighted by atomic mass is 10.0. The molecule has 0 bridgehead atoms. The summed E-state index contributed by atoms with van der Waals surface area (Å²) in [6, 6.07) is 0. The van der Waals surface area contributed by atoms with Gasteiger partial charge in [-0.05, 0) is 44.7 Å². The molecule has 17 heavy (non-hydrogen) atoms. The number of ether oxygens (including phenoxy) is 1. The van der Waals surface area contributed by atoms with Gasteiger partial charge in [-0.1, -0.05) is 0 Å². The molecule has 2 aliphatic rings. The van der Waals surface area contributed by atoms with Crippen molar-refractivity contribution in [2.24, 2.45) is 5.92 Å². The number of rotatable bonds is 4. The molecule has 0 aliphatic carbocycles. The number of hydrogen-bond acceptors (Lipinski definition) is 4. The highest BCUT2D eigenvalue weighted by Crippen LogP contribution is 2.16. The summed E-state index contributed by atoms with van der Waals surface area (Å²) in [6.45, 7) is 3.69. The summed E-state index contributed by atoms with van der Waals surface area (Å²) >= 11 is 0. The zero-order valence-corrected chi connectivity index (χ0v) is 11.0. The molecule has 2 rings (SSSR count). The Hall–Kier alpha value is -0.170. The molecule has 6 heteroatoms. The molecule has 2 aliphatic heterocycles. The molecule has 2 fully saturated rings. The van der Waals surface area contributed by atoms with Crippen LogP contribution in [0.2, 0.25) is 0 Å². The first kappa shape index (κ1) is 13.3. The minimum Gasteiger partial charge on any atom is -0.381 e. The van der Waals surface area contributed by atoms with Crippen molar-refractivity contribution in [3.63, 3.8) is 0 Å². The van der Waals surface area contributed by atoms with Crippen LogP contribution < -0.4 is 10.0 Å². The van der Waals surface area contributed by atoms with Crippen molar-refractivity contribution in [2.75, 3.05) is 32.8 Å². The Morgan fingerprint density at radius 2 is 2.00 bits per heavy atom. The van der Waals surface area contributed by atoms with Crippen LogP contribution in [0, 0.1) is 5.92 Å². The molecule has 0 saturated carbocycles. The van der Waals surface area contributed by atoms with Gasteiger partial charge in [0.1, 0.15) is 0 Å². The molecule has 0 aromatic heterocycles. The van der Waals surface area contributed by atoms with Gasteiger partial charge in [0.2, 0.25) is 10.0 Å². The third-order valence-corrected chi connectivity index (χ3v) is 5.50. The van der Waals surface area contributed by atoms with Crippen molar-refractivity contribution in [3.8, 4) is 0 Å². The number of piperidine rings is 1. The minimum absolute atomic E-state index is 0.257. The average molecular weight is 262 g/mol. The van der Waals surface area contributed by atoms with Gasteiger partial charge in [-0.15, -0.1) is 0 Å². The first-order valence-electron chi connectivity index (χ1n) is 6.45. The van der Waals surface area contributed by atoms with E-state index in [2.05, 4.69) is 10.0 Å². The van der Waals surface area contributed by atoms with Crippen LogP contribution in [-0.2, 0) is 14.8 Å². The van der Waals surface area contributed by atoms with Crippen LogP contribution in [-0.4, -0.2) is 46.5 Å². The predicted octanol–water partition coefficient (Wildman–Crippen LogP) is 0.0844. The van der Waals surface area contributed by atoms with E-state index < -0.39 is 10.0 Å². The number of sulfonamides is 1. The fourth-order valence-corrected chi connectivity index (χ4v) is 3.95. The Labute approximate surface area is 103 Å². The molecule has 2 heterocycles. The van der Waals surface area contributed by atoms with E-state index >= 15 is 0 Å². The van der Waals surface area contributed by atoms with E-state index in [1.54, 1.807) is 0 Å². The molecule has 0 aromatic rings. The maximum atomic E-state index is 12.0. The fraction of sp³-hybridized carbons (Fsp3) is 1.00. The van der Waals surface area contributed by atoms with Crippen LogP contribution in [0.15, 0.2) is 0 Å². The summed E-state index contributed by atoms with van der Waals surface area (Å²) < 4.78 is 32.0. The second-order valence-electron chi connectivity index (χ2n) is 4.92. The zero-order valence-electron chi connectivity index (χ0n) is 10.2. The highest BCUT2D eigenvalue weighted by molar-refractivity contribution is 7.90. The SMILES string of the molecule is O=S(=O)(NCC1CCCNC1)C1CCOCC1. The van der Waals surface area contributed by atoms with E-state index in [1.165, 1.54) is 0 Å². The normalized spacial score (nSPS) is 28.1. The van der Waals surface area contributed by atoms with Crippen LogP contribution in [0.5, 0.6) is 0 Å². The Morgan fingerprint density at radius 1 is 1.24 bits per heavy atom. The van der Waals surface area contributed by atoms with Gasteiger partial charge in [0.25, 0.3) is 0 Å². The average Bonchev–Trinajstić information content (AvgIpc) is 2.39. The summed E-state index contributed by atoms with van der Waals surface area (Å²) in [7, 11) is -3.14. The zero-order chi connectivity index (χ0) is 12.1. The molecule has 100 valence electrons. The summed E-state index contributed by atoms with van der Waals surface area (Å²) in [5, 5.41) is 3.04. The van der Waals surface area contributed by atoms with Crippen LogP contribution in [0.1, 0.15) is 25.7 Å². The van der Waals surface area contributed by atoms with Crippen molar-refractivity contribution in [1.29, 1.82) is 0 Å². The Bertz CT molecular complexity index is 320. The van der Waals surface area contributed by atoms with Crippen molar-refractivity contribution in [2.45, 2.75) is 30.9 Å². The maximum absolute atomic E-state index is 12.0. The monoisotopic (exact) mass is 262 g/mol. The van der Waals surface area contributed by atoms with Crippen molar-refractivity contribution in [1.82, 2.24) is 10.0 Å². The van der Waals surface area contributed by atoms with Crippen molar-refractivity contribution < 1.29 is 13.2 Å². The van der Waals surface area contributed by atoms with Gasteiger partial charge >= 0.3 is 0 Å². The molecule has 5 nitrogen and oxygen atoms in total. The molecule has 0 spiro atoms. The van der Waals surface area contributed by atoms with Crippen LogP contribution in [0.3, 0.4) is 0 Å². The molecule has 0 amide bonds. The predicted molar refractivity (Wildman–Crippen MR) is 66.4 cm³/mol. The van der Waals surface area contributed by atoms with Crippen molar-refractivity contribution >= 4 is 10.0 Å². The molecule has 1 atom stereocenters. The highest BCUT2D eigenvalue weighted by atomic mass is 32.2. The second kappa shape index (κ2) is 6.13. The summed E-state index contributed by atoms with van der Waals surface area (Å²) in [5.41, 5.74) is 0. The molecule has 0 radical (unpaired) electrons. The van der Waals surface area contributed by atoms with E-state index in [4.69, 9.17) is 4.74 Å². The largest absolute Gasteiger partial charge is 0.381 e. The Morgan fingerprint density at radius 3 is 2.65 bits per heavy atom. The molecule has 1 unspecified atom stereocenters. The van der Waals surface area contributed by atoms with E-state index in [9.17, 15) is 8.42 Å². The third-order valence-electron chi connectivity index (χ3n) is 3.58. The lowest BCUT2D eigenvalue weighted by molar-refractivity contribution is 0.0981. The van der Waals surface area contributed by atoms with Gasteiger partial charge in [-0.25, -0.2) is 13.1 Å². The number of hydrogen-bond donors (Lipinski definition) is 2. The minimum atomic E-state index is -3.14. The first-order chi connectivity index (χ1) is 8.18. The highest BCUT2D eigenvalue weighted by Gasteiger charge is 2.28. The molecule has 2 N–H and O–H groups in total. The quantitative estimate of drug-likeness (QED) is 0.753. The smallest absolute Gasteiger partial charge is 0.214 e. The summed E-state index contributed by atoms with van der Waals surface area (Å²) in [6.07, 6.45) is 3.50. The van der Waals surface area contributed by atoms with E-state index in [0.717, 1.165) is 25.9 Å². The second-order valence-corrected chi connectivity index (χ2v) is 6.96.